The molecule has 0 atom stereocenters. The highest BCUT2D eigenvalue weighted by atomic mass is 127. The predicted molar refractivity (Wildman–Crippen MR) is 129 cm³/mol. The molecule has 0 unspecified atom stereocenters. The number of rotatable bonds is 9. The number of ether oxygens (including phenoxy) is 1. The number of carbonyl (C=O) groups excluding carboxylic acids is 1. The van der Waals surface area contributed by atoms with E-state index in [0.717, 1.165) is 38.4 Å². The van der Waals surface area contributed by atoms with Gasteiger partial charge < -0.3 is 20.3 Å². The first kappa shape index (κ1) is 25.6. The number of benzene rings is 1. The molecular formula is C21H36IN5O2. The average molecular weight is 517 g/mol. The molecule has 1 aliphatic rings. The second-order valence-corrected chi connectivity index (χ2v) is 7.28. The number of halogens is 1. The minimum atomic E-state index is 0. The number of carbonyl (C=O) groups is 1. The van der Waals surface area contributed by atoms with Crippen LogP contribution >= 0.6 is 24.0 Å². The van der Waals surface area contributed by atoms with E-state index in [0.29, 0.717) is 32.3 Å². The van der Waals surface area contributed by atoms with Crippen LogP contribution in [0.25, 0.3) is 0 Å². The van der Waals surface area contributed by atoms with Crippen molar-refractivity contribution >= 4 is 35.8 Å². The summed E-state index contributed by atoms with van der Waals surface area (Å²) in [5, 5.41) is 6.83. The van der Waals surface area contributed by atoms with Crippen molar-refractivity contribution in [3.8, 4) is 0 Å². The molecule has 0 radical (unpaired) electrons. The van der Waals surface area contributed by atoms with Crippen LogP contribution in [-0.4, -0.2) is 81.1 Å². The van der Waals surface area contributed by atoms with E-state index in [1.54, 1.807) is 19.0 Å². The number of nitrogens with zero attached hydrogens (tertiary/aromatic N) is 3. The summed E-state index contributed by atoms with van der Waals surface area (Å²) < 4.78 is 5.70. The molecule has 1 fully saturated rings. The maximum Gasteiger partial charge on any atom is 0.236 e. The SMILES string of the molecule is CCNC(=NCCOCc1ccccc1)NC1CCN(CC(=O)N(C)C)CC1.I. The first-order chi connectivity index (χ1) is 13.6. The number of aliphatic imine (C=N–C) groups is 1. The lowest BCUT2D eigenvalue weighted by Crippen LogP contribution is -2.50. The lowest BCUT2D eigenvalue weighted by atomic mass is 10.1. The van der Waals surface area contributed by atoms with E-state index in [4.69, 9.17) is 4.74 Å². The largest absolute Gasteiger partial charge is 0.375 e. The van der Waals surface area contributed by atoms with Crippen LogP contribution in [0.4, 0.5) is 0 Å². The van der Waals surface area contributed by atoms with E-state index in [-0.39, 0.29) is 29.9 Å². The van der Waals surface area contributed by atoms with E-state index in [1.165, 1.54) is 5.56 Å². The molecule has 164 valence electrons. The summed E-state index contributed by atoms with van der Waals surface area (Å²) in [6, 6.07) is 10.6. The van der Waals surface area contributed by atoms with E-state index in [2.05, 4.69) is 39.6 Å². The van der Waals surface area contributed by atoms with Crippen molar-refractivity contribution in [1.82, 2.24) is 20.4 Å². The molecule has 1 saturated heterocycles. The molecule has 7 nitrogen and oxygen atoms in total. The van der Waals surface area contributed by atoms with Crippen molar-refractivity contribution in [2.45, 2.75) is 32.4 Å². The van der Waals surface area contributed by atoms with Crippen LogP contribution in [-0.2, 0) is 16.1 Å². The molecule has 0 aromatic heterocycles. The highest BCUT2D eigenvalue weighted by molar-refractivity contribution is 14.0. The van der Waals surface area contributed by atoms with Gasteiger partial charge in [-0.05, 0) is 25.3 Å². The van der Waals surface area contributed by atoms with Gasteiger partial charge in [-0.3, -0.25) is 14.7 Å². The third kappa shape index (κ3) is 10.3. The first-order valence-corrected chi connectivity index (χ1v) is 10.2. The Labute approximate surface area is 192 Å². The zero-order valence-corrected chi connectivity index (χ0v) is 20.2. The van der Waals surface area contributed by atoms with Crippen LogP contribution in [0.15, 0.2) is 35.3 Å². The van der Waals surface area contributed by atoms with Crippen molar-refractivity contribution < 1.29 is 9.53 Å². The monoisotopic (exact) mass is 517 g/mol. The number of likely N-dealkylation sites (tertiary alicyclic amines) is 1. The third-order valence-electron chi connectivity index (χ3n) is 4.75. The molecular weight excluding hydrogens is 481 g/mol. The Morgan fingerprint density at radius 1 is 1.24 bits per heavy atom. The lowest BCUT2D eigenvalue weighted by Gasteiger charge is -2.33. The van der Waals surface area contributed by atoms with Crippen molar-refractivity contribution in [1.29, 1.82) is 0 Å². The zero-order chi connectivity index (χ0) is 20.2. The molecule has 2 rings (SSSR count). The molecule has 1 aromatic carbocycles. The standard InChI is InChI=1S/C21H35N5O2.HI/c1-4-22-21(23-12-15-28-17-18-8-6-5-7-9-18)24-19-10-13-26(14-11-19)16-20(27)25(2)3;/h5-9,19H,4,10-17H2,1-3H3,(H2,22,23,24);1H. The van der Waals surface area contributed by atoms with Crippen molar-refractivity contribution in [2.75, 3.05) is 53.4 Å². The second kappa shape index (κ2) is 14.6. The second-order valence-electron chi connectivity index (χ2n) is 7.28. The van der Waals surface area contributed by atoms with E-state index in [1.807, 2.05) is 18.2 Å². The van der Waals surface area contributed by atoms with E-state index in [9.17, 15) is 4.79 Å². The summed E-state index contributed by atoms with van der Waals surface area (Å²) in [5.41, 5.74) is 1.18. The molecule has 0 aliphatic carbocycles. The van der Waals surface area contributed by atoms with Gasteiger partial charge in [0.15, 0.2) is 5.96 Å². The number of hydrogen-bond donors (Lipinski definition) is 2. The van der Waals surface area contributed by atoms with Gasteiger partial charge in [-0.25, -0.2) is 0 Å². The maximum absolute atomic E-state index is 11.8. The fourth-order valence-corrected chi connectivity index (χ4v) is 3.07. The minimum absolute atomic E-state index is 0. The topological polar surface area (TPSA) is 69.2 Å². The van der Waals surface area contributed by atoms with Crippen LogP contribution in [0.3, 0.4) is 0 Å². The molecule has 8 heteroatoms. The van der Waals surface area contributed by atoms with Gasteiger partial charge in [0.25, 0.3) is 0 Å². The number of hydrogen-bond acceptors (Lipinski definition) is 4. The number of piperidine rings is 1. The summed E-state index contributed by atoms with van der Waals surface area (Å²) in [6.45, 7) is 7.09. The van der Waals surface area contributed by atoms with Crippen molar-refractivity contribution in [3.05, 3.63) is 35.9 Å². The molecule has 2 N–H and O–H groups in total. The summed E-state index contributed by atoms with van der Waals surface area (Å²) in [4.78, 5) is 20.3. The number of nitrogens with one attached hydrogen (secondary N) is 2. The Bertz CT molecular complexity index is 604. The molecule has 0 saturated carbocycles. The quantitative estimate of drug-likeness (QED) is 0.227. The predicted octanol–water partition coefficient (Wildman–Crippen LogP) is 1.93. The number of likely N-dealkylation sites (N-methyl/N-ethyl adjacent to an activating group) is 1. The fraction of sp³-hybridized carbons (Fsp3) is 0.619. The van der Waals surface area contributed by atoms with Crippen LogP contribution in [0.5, 0.6) is 0 Å². The fourth-order valence-electron chi connectivity index (χ4n) is 3.07. The van der Waals surface area contributed by atoms with Gasteiger partial charge in [0.1, 0.15) is 0 Å². The Morgan fingerprint density at radius 2 is 1.93 bits per heavy atom. The van der Waals surface area contributed by atoms with Crippen LogP contribution < -0.4 is 10.6 Å². The Morgan fingerprint density at radius 3 is 2.55 bits per heavy atom. The number of guanidine groups is 1. The first-order valence-electron chi connectivity index (χ1n) is 10.2. The normalized spacial score (nSPS) is 15.5. The van der Waals surface area contributed by atoms with Crippen molar-refractivity contribution in [2.24, 2.45) is 4.99 Å². The molecule has 1 aromatic rings. The lowest BCUT2D eigenvalue weighted by molar-refractivity contribution is -0.130. The molecule has 1 heterocycles. The van der Waals surface area contributed by atoms with Gasteiger partial charge in [0.05, 0.1) is 26.3 Å². The van der Waals surface area contributed by atoms with Crippen molar-refractivity contribution in [3.63, 3.8) is 0 Å². The molecule has 1 aliphatic heterocycles. The Kier molecular flexibility index (Phi) is 12.9. The molecule has 29 heavy (non-hydrogen) atoms. The van der Waals surface area contributed by atoms with Gasteiger partial charge in [-0.15, -0.1) is 24.0 Å². The molecule has 0 spiro atoms. The Balaban J connectivity index is 0.00000420. The molecule has 1 amide bonds. The maximum atomic E-state index is 11.8. The van der Waals surface area contributed by atoms with Gasteiger partial charge >= 0.3 is 0 Å². The summed E-state index contributed by atoms with van der Waals surface area (Å²) in [5.74, 6) is 1.01. The van der Waals surface area contributed by atoms with E-state index >= 15 is 0 Å². The summed E-state index contributed by atoms with van der Waals surface area (Å²) >= 11 is 0. The van der Waals surface area contributed by atoms with Gasteiger partial charge in [0.2, 0.25) is 5.91 Å². The van der Waals surface area contributed by atoms with Gasteiger partial charge in [-0.2, -0.15) is 0 Å². The summed E-state index contributed by atoms with van der Waals surface area (Å²) in [7, 11) is 3.61. The highest BCUT2D eigenvalue weighted by Gasteiger charge is 2.21. The van der Waals surface area contributed by atoms with E-state index < -0.39 is 0 Å². The van der Waals surface area contributed by atoms with Crippen LogP contribution in [0.1, 0.15) is 25.3 Å². The van der Waals surface area contributed by atoms with Crippen LogP contribution in [0.2, 0.25) is 0 Å². The Hall–Kier alpha value is -1.39. The summed E-state index contributed by atoms with van der Waals surface area (Å²) in [6.07, 6.45) is 2.02. The highest BCUT2D eigenvalue weighted by Crippen LogP contribution is 2.10. The number of amides is 1. The van der Waals surface area contributed by atoms with Gasteiger partial charge in [0, 0.05) is 39.8 Å². The molecule has 0 bridgehead atoms. The third-order valence-corrected chi connectivity index (χ3v) is 4.75. The average Bonchev–Trinajstić information content (AvgIpc) is 2.70. The minimum Gasteiger partial charge on any atom is -0.375 e. The van der Waals surface area contributed by atoms with Gasteiger partial charge in [-0.1, -0.05) is 30.3 Å². The smallest absolute Gasteiger partial charge is 0.236 e. The van der Waals surface area contributed by atoms with Crippen LogP contribution in [0, 0.1) is 0 Å². The zero-order valence-electron chi connectivity index (χ0n) is 17.9.